The standard InChI is InChI=1S/C18H18N2O6S/c1-19(2)27(25,26)14-9-8-13-16-11(14)5-3-6-12(16)17(23)20(18(13)24)10-4-7-15(21)22/h3,5-6,8-9H,4,7,10H2,1-2H3,(H,21,22). The molecule has 1 aliphatic heterocycles. The van der Waals surface area contributed by atoms with Crippen molar-refractivity contribution < 1.29 is 27.9 Å². The number of carboxylic acids is 1. The Bertz CT molecular complexity index is 1050. The molecule has 9 heteroatoms. The van der Waals surface area contributed by atoms with Crippen molar-refractivity contribution in [3.05, 3.63) is 41.5 Å². The van der Waals surface area contributed by atoms with Crippen LogP contribution in [0.3, 0.4) is 0 Å². The number of benzene rings is 2. The van der Waals surface area contributed by atoms with Gasteiger partial charge in [0.25, 0.3) is 11.8 Å². The highest BCUT2D eigenvalue weighted by atomic mass is 32.2. The molecule has 1 aliphatic rings. The van der Waals surface area contributed by atoms with Gasteiger partial charge in [-0.25, -0.2) is 12.7 Å². The lowest BCUT2D eigenvalue weighted by Crippen LogP contribution is -2.41. The third kappa shape index (κ3) is 3.08. The fourth-order valence-electron chi connectivity index (χ4n) is 3.13. The van der Waals surface area contributed by atoms with Gasteiger partial charge in [-0.1, -0.05) is 12.1 Å². The molecule has 3 rings (SSSR count). The van der Waals surface area contributed by atoms with E-state index in [1.54, 1.807) is 12.1 Å². The number of sulfonamides is 1. The lowest BCUT2D eigenvalue weighted by Gasteiger charge is -2.27. The number of rotatable bonds is 6. The van der Waals surface area contributed by atoms with Crippen molar-refractivity contribution in [2.75, 3.05) is 20.6 Å². The highest BCUT2D eigenvalue weighted by Crippen LogP contribution is 2.34. The molecule has 2 aromatic carbocycles. The van der Waals surface area contributed by atoms with Crippen molar-refractivity contribution in [3.8, 4) is 0 Å². The number of nitrogens with zero attached hydrogens (tertiary/aromatic N) is 2. The van der Waals surface area contributed by atoms with Gasteiger partial charge in [-0.3, -0.25) is 19.3 Å². The molecule has 27 heavy (non-hydrogen) atoms. The van der Waals surface area contributed by atoms with E-state index in [9.17, 15) is 22.8 Å². The maximum absolute atomic E-state index is 12.8. The molecule has 0 aliphatic carbocycles. The number of aliphatic carboxylic acids is 1. The minimum absolute atomic E-state index is 0.0163. The average Bonchev–Trinajstić information content (AvgIpc) is 2.61. The number of amides is 2. The van der Waals surface area contributed by atoms with E-state index in [0.717, 1.165) is 9.21 Å². The summed E-state index contributed by atoms with van der Waals surface area (Å²) in [6, 6.07) is 7.44. The molecule has 0 spiro atoms. The molecular formula is C18H18N2O6S. The van der Waals surface area contributed by atoms with Crippen LogP contribution in [0.4, 0.5) is 0 Å². The van der Waals surface area contributed by atoms with E-state index in [1.165, 1.54) is 32.3 Å². The molecule has 8 nitrogen and oxygen atoms in total. The minimum Gasteiger partial charge on any atom is -0.481 e. The molecule has 0 radical (unpaired) electrons. The molecule has 0 saturated carbocycles. The van der Waals surface area contributed by atoms with Crippen LogP contribution in [0.25, 0.3) is 10.8 Å². The zero-order chi connectivity index (χ0) is 19.9. The van der Waals surface area contributed by atoms with E-state index < -0.39 is 27.8 Å². The Morgan fingerprint density at radius 1 is 1.07 bits per heavy atom. The number of hydrogen-bond acceptors (Lipinski definition) is 5. The number of hydrogen-bond donors (Lipinski definition) is 1. The van der Waals surface area contributed by atoms with Crippen molar-refractivity contribution in [1.29, 1.82) is 0 Å². The summed E-state index contributed by atoms with van der Waals surface area (Å²) in [6.07, 6.45) is -0.0145. The van der Waals surface area contributed by atoms with Crippen LogP contribution in [0.2, 0.25) is 0 Å². The van der Waals surface area contributed by atoms with Crippen LogP contribution < -0.4 is 0 Å². The van der Waals surface area contributed by atoms with Crippen molar-refractivity contribution in [3.63, 3.8) is 0 Å². The lowest BCUT2D eigenvalue weighted by molar-refractivity contribution is -0.137. The highest BCUT2D eigenvalue weighted by molar-refractivity contribution is 7.89. The van der Waals surface area contributed by atoms with Gasteiger partial charge in [-0.05, 0) is 24.6 Å². The quantitative estimate of drug-likeness (QED) is 0.749. The summed E-state index contributed by atoms with van der Waals surface area (Å²) in [4.78, 5) is 37.3. The Labute approximate surface area is 156 Å². The predicted octanol–water partition coefficient (Wildman–Crippen LogP) is 1.55. The van der Waals surface area contributed by atoms with E-state index in [4.69, 9.17) is 5.11 Å². The second-order valence-electron chi connectivity index (χ2n) is 6.39. The van der Waals surface area contributed by atoms with E-state index in [-0.39, 0.29) is 35.4 Å². The average molecular weight is 390 g/mol. The van der Waals surface area contributed by atoms with Gasteiger partial charge in [-0.15, -0.1) is 0 Å². The summed E-state index contributed by atoms with van der Waals surface area (Å²) in [6.45, 7) is -0.0163. The van der Waals surface area contributed by atoms with Gasteiger partial charge >= 0.3 is 5.97 Å². The maximum atomic E-state index is 12.8. The van der Waals surface area contributed by atoms with Crippen LogP contribution in [-0.4, -0.2) is 61.2 Å². The van der Waals surface area contributed by atoms with Gasteiger partial charge in [0, 0.05) is 49.0 Å². The molecule has 0 bridgehead atoms. The molecule has 2 amide bonds. The Kier molecular flexibility index (Phi) is 4.75. The number of imide groups is 1. The van der Waals surface area contributed by atoms with Crippen LogP contribution in [0.15, 0.2) is 35.2 Å². The zero-order valence-corrected chi connectivity index (χ0v) is 15.6. The summed E-state index contributed by atoms with van der Waals surface area (Å²) >= 11 is 0. The first kappa shape index (κ1) is 19.0. The van der Waals surface area contributed by atoms with Crippen molar-refractivity contribution in [2.24, 2.45) is 0 Å². The maximum Gasteiger partial charge on any atom is 0.303 e. The first-order valence-electron chi connectivity index (χ1n) is 8.22. The molecule has 0 atom stereocenters. The summed E-state index contributed by atoms with van der Waals surface area (Å²) < 4.78 is 26.3. The minimum atomic E-state index is -3.76. The summed E-state index contributed by atoms with van der Waals surface area (Å²) in [5.41, 5.74) is 0.460. The largest absolute Gasteiger partial charge is 0.481 e. The van der Waals surface area contributed by atoms with Crippen molar-refractivity contribution in [1.82, 2.24) is 9.21 Å². The third-order valence-electron chi connectivity index (χ3n) is 4.48. The van der Waals surface area contributed by atoms with Crippen LogP contribution in [0.5, 0.6) is 0 Å². The van der Waals surface area contributed by atoms with Crippen LogP contribution in [-0.2, 0) is 14.8 Å². The second-order valence-corrected chi connectivity index (χ2v) is 8.51. The Morgan fingerprint density at radius 2 is 1.70 bits per heavy atom. The molecule has 0 aromatic heterocycles. The number of carbonyl (C=O) groups is 3. The van der Waals surface area contributed by atoms with E-state index >= 15 is 0 Å². The molecule has 1 heterocycles. The molecule has 142 valence electrons. The molecule has 0 unspecified atom stereocenters. The Hall–Kier alpha value is -2.78. The highest BCUT2D eigenvalue weighted by Gasteiger charge is 2.34. The van der Waals surface area contributed by atoms with Gasteiger partial charge in [0.2, 0.25) is 10.0 Å². The monoisotopic (exact) mass is 390 g/mol. The predicted molar refractivity (Wildman–Crippen MR) is 97.1 cm³/mol. The van der Waals surface area contributed by atoms with Gasteiger partial charge in [-0.2, -0.15) is 0 Å². The SMILES string of the molecule is CN(C)S(=O)(=O)c1ccc2c3c(cccc13)C(=O)N(CCCC(=O)O)C2=O. The first-order valence-corrected chi connectivity index (χ1v) is 9.66. The normalized spacial score (nSPS) is 14.3. The van der Waals surface area contributed by atoms with Crippen LogP contribution >= 0.6 is 0 Å². The molecule has 1 N–H and O–H groups in total. The first-order chi connectivity index (χ1) is 12.7. The summed E-state index contributed by atoms with van der Waals surface area (Å²) in [7, 11) is -0.945. The topological polar surface area (TPSA) is 112 Å². The fraction of sp³-hybridized carbons (Fsp3) is 0.278. The Balaban J connectivity index is 2.15. The molecule has 0 saturated heterocycles. The zero-order valence-electron chi connectivity index (χ0n) is 14.8. The smallest absolute Gasteiger partial charge is 0.303 e. The second kappa shape index (κ2) is 6.75. The van der Waals surface area contributed by atoms with Crippen LogP contribution in [0, 0.1) is 0 Å². The summed E-state index contributed by atoms with van der Waals surface area (Å²) in [5, 5.41) is 9.38. The van der Waals surface area contributed by atoms with Gasteiger partial charge in [0.1, 0.15) is 0 Å². The van der Waals surface area contributed by atoms with E-state index in [0.29, 0.717) is 10.8 Å². The third-order valence-corrected chi connectivity index (χ3v) is 6.36. The number of carbonyl (C=O) groups excluding carboxylic acids is 2. The van der Waals surface area contributed by atoms with E-state index in [2.05, 4.69) is 0 Å². The van der Waals surface area contributed by atoms with Crippen LogP contribution in [0.1, 0.15) is 33.6 Å². The number of carboxylic acid groups (broad SMARTS) is 1. The van der Waals surface area contributed by atoms with Gasteiger partial charge in [0.05, 0.1) is 4.90 Å². The lowest BCUT2D eigenvalue weighted by atomic mass is 9.94. The fourth-order valence-corrected chi connectivity index (χ4v) is 4.21. The van der Waals surface area contributed by atoms with Crippen molar-refractivity contribution >= 4 is 38.6 Å². The molecule has 0 fully saturated rings. The molecular weight excluding hydrogens is 372 g/mol. The molecule has 2 aromatic rings. The van der Waals surface area contributed by atoms with Crippen molar-refractivity contribution in [2.45, 2.75) is 17.7 Å². The van der Waals surface area contributed by atoms with E-state index in [1.807, 2.05) is 0 Å². The van der Waals surface area contributed by atoms with Gasteiger partial charge < -0.3 is 5.11 Å². The summed E-state index contributed by atoms with van der Waals surface area (Å²) in [5.74, 6) is -2.11. The van der Waals surface area contributed by atoms with Gasteiger partial charge in [0.15, 0.2) is 0 Å². The Morgan fingerprint density at radius 3 is 2.30 bits per heavy atom.